The number of hydrogen-bond acceptors (Lipinski definition) is 2. The lowest BCUT2D eigenvalue weighted by atomic mass is 9.67. The van der Waals surface area contributed by atoms with Crippen LogP contribution in [0.5, 0.6) is 0 Å². The van der Waals surface area contributed by atoms with E-state index in [9.17, 15) is 4.79 Å². The van der Waals surface area contributed by atoms with Gasteiger partial charge in [0.1, 0.15) is 11.5 Å². The third kappa shape index (κ3) is 1.75. The molecule has 20 heavy (non-hydrogen) atoms. The maximum atomic E-state index is 12.2. The highest BCUT2D eigenvalue weighted by Gasteiger charge is 2.58. The standard InChI is InChI=1S/C17H15ClO2/c1-2-17(12-8-4-3-5-9-12)15(20-16(17)19)13-10-6-7-11-14(13)18/h3-11,15H,2H2,1H3. The van der Waals surface area contributed by atoms with E-state index < -0.39 is 5.41 Å². The summed E-state index contributed by atoms with van der Waals surface area (Å²) in [5.41, 5.74) is 1.25. The fourth-order valence-electron chi connectivity index (χ4n) is 2.92. The fraction of sp³-hybridized carbons (Fsp3) is 0.235. The minimum atomic E-state index is -0.619. The SMILES string of the molecule is CCC1(c2ccccc2)C(=O)OC1c1ccccc1Cl. The minimum absolute atomic E-state index is 0.170. The summed E-state index contributed by atoms with van der Waals surface area (Å²) in [5, 5.41) is 0.638. The zero-order valence-electron chi connectivity index (χ0n) is 11.2. The Kier molecular flexibility index (Phi) is 3.27. The van der Waals surface area contributed by atoms with E-state index >= 15 is 0 Å². The van der Waals surface area contributed by atoms with Crippen LogP contribution >= 0.6 is 11.6 Å². The third-order valence-corrected chi connectivity index (χ3v) is 4.42. The number of rotatable bonds is 3. The number of carbonyl (C=O) groups excluding carboxylic acids is 1. The van der Waals surface area contributed by atoms with Gasteiger partial charge in [-0.05, 0) is 18.1 Å². The van der Waals surface area contributed by atoms with Crippen LogP contribution in [-0.4, -0.2) is 5.97 Å². The summed E-state index contributed by atoms with van der Waals surface area (Å²) in [6, 6.07) is 17.3. The van der Waals surface area contributed by atoms with Crippen molar-refractivity contribution in [2.45, 2.75) is 24.9 Å². The molecule has 102 valence electrons. The molecule has 2 aromatic carbocycles. The van der Waals surface area contributed by atoms with E-state index in [0.717, 1.165) is 11.1 Å². The number of esters is 1. The van der Waals surface area contributed by atoms with E-state index in [0.29, 0.717) is 11.4 Å². The van der Waals surface area contributed by atoms with Crippen LogP contribution in [0.1, 0.15) is 30.6 Å². The molecule has 0 aromatic heterocycles. The predicted octanol–water partition coefficient (Wildman–Crippen LogP) is 4.29. The Balaban J connectivity index is 2.10. The first-order valence-corrected chi connectivity index (χ1v) is 7.09. The van der Waals surface area contributed by atoms with Gasteiger partial charge in [-0.2, -0.15) is 0 Å². The maximum absolute atomic E-state index is 12.2. The van der Waals surface area contributed by atoms with Crippen molar-refractivity contribution in [3.8, 4) is 0 Å². The molecule has 2 atom stereocenters. The van der Waals surface area contributed by atoms with Crippen LogP contribution in [-0.2, 0) is 14.9 Å². The number of carbonyl (C=O) groups is 1. The van der Waals surface area contributed by atoms with Crippen LogP contribution in [0.15, 0.2) is 54.6 Å². The van der Waals surface area contributed by atoms with Gasteiger partial charge in [-0.1, -0.05) is 67.1 Å². The number of hydrogen-bond donors (Lipinski definition) is 0. The third-order valence-electron chi connectivity index (χ3n) is 4.07. The molecule has 0 N–H and O–H groups in total. The second-order valence-corrected chi connectivity index (χ2v) is 5.40. The number of ether oxygens (including phenoxy) is 1. The van der Waals surface area contributed by atoms with Crippen LogP contribution in [0, 0.1) is 0 Å². The van der Waals surface area contributed by atoms with Crippen molar-refractivity contribution in [3.05, 3.63) is 70.7 Å². The summed E-state index contributed by atoms with van der Waals surface area (Å²) in [6.07, 6.45) is 0.377. The van der Waals surface area contributed by atoms with E-state index in [1.54, 1.807) is 0 Å². The van der Waals surface area contributed by atoms with Crippen LogP contribution in [0.25, 0.3) is 0 Å². The first-order chi connectivity index (χ1) is 9.70. The highest BCUT2D eigenvalue weighted by Crippen LogP contribution is 2.52. The molecule has 2 nitrogen and oxygen atoms in total. The van der Waals surface area contributed by atoms with Crippen LogP contribution < -0.4 is 0 Å². The zero-order valence-corrected chi connectivity index (χ0v) is 11.9. The Labute approximate surface area is 123 Å². The summed E-state index contributed by atoms with van der Waals surface area (Å²) >= 11 is 6.26. The molecular formula is C17H15ClO2. The maximum Gasteiger partial charge on any atom is 0.321 e. The van der Waals surface area contributed by atoms with Crippen molar-refractivity contribution in [2.24, 2.45) is 0 Å². The smallest absolute Gasteiger partial charge is 0.321 e. The van der Waals surface area contributed by atoms with Crippen molar-refractivity contribution in [2.75, 3.05) is 0 Å². The van der Waals surface area contributed by atoms with Gasteiger partial charge in [-0.25, -0.2) is 0 Å². The first kappa shape index (κ1) is 13.2. The average Bonchev–Trinajstić information content (AvgIpc) is 2.48. The van der Waals surface area contributed by atoms with E-state index in [1.807, 2.05) is 61.5 Å². The average molecular weight is 287 g/mol. The van der Waals surface area contributed by atoms with Crippen LogP contribution in [0.4, 0.5) is 0 Å². The molecule has 1 saturated heterocycles. The van der Waals surface area contributed by atoms with Gasteiger partial charge < -0.3 is 4.74 Å². The zero-order chi connectivity index (χ0) is 14.2. The second-order valence-electron chi connectivity index (χ2n) is 5.00. The Morgan fingerprint density at radius 3 is 2.35 bits per heavy atom. The molecule has 1 aliphatic rings. The van der Waals surface area contributed by atoms with Gasteiger partial charge in [-0.3, -0.25) is 4.79 Å². The molecule has 3 rings (SSSR count). The Morgan fingerprint density at radius 2 is 1.75 bits per heavy atom. The number of halogens is 1. The molecule has 1 fully saturated rings. The molecular weight excluding hydrogens is 272 g/mol. The molecule has 0 radical (unpaired) electrons. The van der Waals surface area contributed by atoms with Crippen molar-refractivity contribution in [3.63, 3.8) is 0 Å². The van der Waals surface area contributed by atoms with E-state index in [1.165, 1.54) is 0 Å². The van der Waals surface area contributed by atoms with E-state index in [4.69, 9.17) is 16.3 Å². The molecule has 1 aliphatic heterocycles. The number of cyclic esters (lactones) is 1. The second kappa shape index (κ2) is 4.95. The molecule has 3 heteroatoms. The quantitative estimate of drug-likeness (QED) is 0.787. The van der Waals surface area contributed by atoms with Crippen molar-refractivity contribution < 1.29 is 9.53 Å². The summed E-state index contributed by atoms with van der Waals surface area (Å²) in [4.78, 5) is 12.2. The molecule has 0 saturated carbocycles. The lowest BCUT2D eigenvalue weighted by molar-refractivity contribution is -0.193. The van der Waals surface area contributed by atoms with Gasteiger partial charge in [-0.15, -0.1) is 0 Å². The van der Waals surface area contributed by atoms with Gasteiger partial charge >= 0.3 is 5.97 Å². The molecule has 2 unspecified atom stereocenters. The summed E-state index contributed by atoms with van der Waals surface area (Å²) < 4.78 is 5.44. The van der Waals surface area contributed by atoms with Crippen LogP contribution in [0.3, 0.4) is 0 Å². The molecule has 0 spiro atoms. The van der Waals surface area contributed by atoms with E-state index in [2.05, 4.69) is 0 Å². The van der Waals surface area contributed by atoms with Gasteiger partial charge in [0.25, 0.3) is 0 Å². The van der Waals surface area contributed by atoms with Gasteiger partial charge in [0, 0.05) is 10.6 Å². The molecule has 0 aliphatic carbocycles. The normalized spacial score (nSPS) is 24.9. The Bertz CT molecular complexity index is 638. The highest BCUT2D eigenvalue weighted by atomic mass is 35.5. The largest absolute Gasteiger partial charge is 0.455 e. The molecule has 0 bridgehead atoms. The lowest BCUT2D eigenvalue weighted by Crippen LogP contribution is -2.54. The van der Waals surface area contributed by atoms with Gasteiger partial charge in [0.05, 0.1) is 0 Å². The predicted molar refractivity (Wildman–Crippen MR) is 78.7 cm³/mol. The summed E-state index contributed by atoms with van der Waals surface area (Å²) in [6.45, 7) is 2.01. The Morgan fingerprint density at radius 1 is 1.10 bits per heavy atom. The summed E-state index contributed by atoms with van der Waals surface area (Å²) in [5.74, 6) is -0.170. The van der Waals surface area contributed by atoms with Crippen molar-refractivity contribution >= 4 is 17.6 Å². The van der Waals surface area contributed by atoms with Crippen molar-refractivity contribution in [1.82, 2.24) is 0 Å². The number of benzene rings is 2. The monoisotopic (exact) mass is 286 g/mol. The molecule has 1 heterocycles. The highest BCUT2D eigenvalue weighted by molar-refractivity contribution is 6.31. The first-order valence-electron chi connectivity index (χ1n) is 6.71. The van der Waals surface area contributed by atoms with Crippen LogP contribution in [0.2, 0.25) is 5.02 Å². The Hall–Kier alpha value is -1.80. The van der Waals surface area contributed by atoms with Gasteiger partial charge in [0.2, 0.25) is 0 Å². The summed E-state index contributed by atoms with van der Waals surface area (Å²) in [7, 11) is 0. The molecule has 0 amide bonds. The minimum Gasteiger partial charge on any atom is -0.455 e. The topological polar surface area (TPSA) is 26.3 Å². The fourth-order valence-corrected chi connectivity index (χ4v) is 3.15. The lowest BCUT2D eigenvalue weighted by Gasteiger charge is -2.47. The van der Waals surface area contributed by atoms with Crippen molar-refractivity contribution in [1.29, 1.82) is 0 Å². The van der Waals surface area contributed by atoms with Gasteiger partial charge in [0.15, 0.2) is 0 Å². The van der Waals surface area contributed by atoms with E-state index in [-0.39, 0.29) is 12.1 Å². The molecule has 2 aromatic rings.